The lowest BCUT2D eigenvalue weighted by atomic mass is 10.2. The van der Waals surface area contributed by atoms with E-state index in [4.69, 9.17) is 16.1 Å². The number of rotatable bonds is 3. The zero-order chi connectivity index (χ0) is 12.3. The molecule has 1 heterocycles. The van der Waals surface area contributed by atoms with Crippen LogP contribution in [0.4, 0.5) is 0 Å². The molecule has 1 aromatic carbocycles. The minimum atomic E-state index is -0.142. The molecule has 0 spiro atoms. The molecule has 0 atom stereocenters. The van der Waals surface area contributed by atoms with Crippen LogP contribution in [-0.2, 0) is 11.3 Å². The molecule has 0 aliphatic rings. The Labute approximate surface area is 103 Å². The average molecular weight is 252 g/mol. The van der Waals surface area contributed by atoms with Crippen LogP contribution in [0.15, 0.2) is 28.8 Å². The summed E-state index contributed by atoms with van der Waals surface area (Å²) in [6, 6.07) is 7.10. The largest absolute Gasteiger partial charge is 0.347 e. The zero-order valence-electron chi connectivity index (χ0n) is 9.11. The number of halogens is 1. The molecule has 0 fully saturated rings. The molecule has 88 valence electrons. The van der Waals surface area contributed by atoms with Gasteiger partial charge >= 0.3 is 0 Å². The van der Waals surface area contributed by atoms with Gasteiger partial charge in [0, 0.05) is 17.5 Å². The molecule has 1 N–H and O–H groups in total. The van der Waals surface area contributed by atoms with Crippen LogP contribution >= 0.6 is 11.6 Å². The molecule has 0 aliphatic carbocycles. The summed E-state index contributed by atoms with van der Waals surface area (Å²) in [5.74, 6) is 0.698. The van der Waals surface area contributed by atoms with Crippen molar-refractivity contribution in [3.8, 4) is 11.4 Å². The van der Waals surface area contributed by atoms with Gasteiger partial charge < -0.3 is 9.84 Å². The molecule has 6 heteroatoms. The van der Waals surface area contributed by atoms with E-state index in [2.05, 4.69) is 15.5 Å². The maximum absolute atomic E-state index is 10.7. The summed E-state index contributed by atoms with van der Waals surface area (Å²) in [4.78, 5) is 14.9. The van der Waals surface area contributed by atoms with Gasteiger partial charge in [0.15, 0.2) is 0 Å². The minimum Gasteiger partial charge on any atom is -0.347 e. The van der Waals surface area contributed by atoms with Gasteiger partial charge in [-0.05, 0) is 24.3 Å². The number of aromatic nitrogens is 2. The van der Waals surface area contributed by atoms with Gasteiger partial charge in [-0.15, -0.1) is 0 Å². The van der Waals surface area contributed by atoms with Crippen molar-refractivity contribution in [2.45, 2.75) is 13.5 Å². The zero-order valence-corrected chi connectivity index (χ0v) is 9.86. The van der Waals surface area contributed by atoms with E-state index in [0.717, 1.165) is 5.56 Å². The van der Waals surface area contributed by atoms with Crippen molar-refractivity contribution < 1.29 is 9.32 Å². The Bertz CT molecular complexity index is 522. The molecule has 17 heavy (non-hydrogen) atoms. The molecular formula is C11H10ClN3O2. The highest BCUT2D eigenvalue weighted by Crippen LogP contribution is 2.18. The fourth-order valence-electron chi connectivity index (χ4n) is 1.24. The van der Waals surface area contributed by atoms with Crippen LogP contribution < -0.4 is 5.32 Å². The van der Waals surface area contributed by atoms with Gasteiger partial charge in [-0.1, -0.05) is 16.8 Å². The maximum atomic E-state index is 10.7. The summed E-state index contributed by atoms with van der Waals surface area (Å²) >= 11 is 5.78. The van der Waals surface area contributed by atoms with Crippen molar-refractivity contribution >= 4 is 17.5 Å². The summed E-state index contributed by atoms with van der Waals surface area (Å²) in [5.41, 5.74) is 0.812. The highest BCUT2D eigenvalue weighted by atomic mass is 35.5. The summed E-state index contributed by atoms with van der Waals surface area (Å²) < 4.78 is 4.99. The van der Waals surface area contributed by atoms with Gasteiger partial charge in [-0.25, -0.2) is 0 Å². The Morgan fingerprint density at radius 3 is 2.76 bits per heavy atom. The molecule has 2 rings (SSSR count). The highest BCUT2D eigenvalue weighted by Gasteiger charge is 2.08. The first-order valence-electron chi connectivity index (χ1n) is 4.98. The summed E-state index contributed by atoms with van der Waals surface area (Å²) in [6.45, 7) is 1.66. The maximum Gasteiger partial charge on any atom is 0.246 e. The fourth-order valence-corrected chi connectivity index (χ4v) is 1.37. The number of nitrogens with zero attached hydrogens (tertiary/aromatic N) is 2. The third kappa shape index (κ3) is 3.04. The molecule has 5 nitrogen and oxygen atoms in total. The number of hydrogen-bond donors (Lipinski definition) is 1. The van der Waals surface area contributed by atoms with Crippen molar-refractivity contribution in [2.24, 2.45) is 0 Å². The molecule has 2 aromatic rings. The smallest absolute Gasteiger partial charge is 0.246 e. The van der Waals surface area contributed by atoms with Gasteiger partial charge in [0.2, 0.25) is 17.6 Å². The Morgan fingerprint density at radius 2 is 2.12 bits per heavy atom. The van der Waals surface area contributed by atoms with E-state index in [1.54, 1.807) is 24.3 Å². The van der Waals surface area contributed by atoms with E-state index in [1.807, 2.05) is 0 Å². The molecule has 1 amide bonds. The summed E-state index contributed by atoms with van der Waals surface area (Å²) in [6.07, 6.45) is 0. The van der Waals surface area contributed by atoms with Gasteiger partial charge in [0.25, 0.3) is 0 Å². The summed E-state index contributed by atoms with van der Waals surface area (Å²) in [7, 11) is 0. The Morgan fingerprint density at radius 1 is 1.41 bits per heavy atom. The molecule has 0 bridgehead atoms. The lowest BCUT2D eigenvalue weighted by Gasteiger charge is -1.94. The number of carbonyl (C=O) groups excluding carboxylic acids is 1. The Hall–Kier alpha value is -1.88. The van der Waals surface area contributed by atoms with Crippen LogP contribution in [0, 0.1) is 0 Å². The normalized spacial score (nSPS) is 10.2. The predicted octanol–water partition coefficient (Wildman–Crippen LogP) is 2.03. The van der Waals surface area contributed by atoms with Crippen molar-refractivity contribution in [3.05, 3.63) is 35.2 Å². The number of nitrogens with one attached hydrogen (secondary N) is 1. The molecule has 0 radical (unpaired) electrons. The second-order valence-electron chi connectivity index (χ2n) is 3.43. The van der Waals surface area contributed by atoms with E-state index in [-0.39, 0.29) is 12.5 Å². The first kappa shape index (κ1) is 11.6. The SMILES string of the molecule is CC(=O)NCc1nc(-c2ccc(Cl)cc2)no1. The van der Waals surface area contributed by atoms with Crippen molar-refractivity contribution in [1.82, 2.24) is 15.5 Å². The number of hydrogen-bond acceptors (Lipinski definition) is 4. The Kier molecular flexibility index (Phi) is 3.39. The van der Waals surface area contributed by atoms with E-state index in [9.17, 15) is 4.79 Å². The third-order valence-corrected chi connectivity index (χ3v) is 2.31. The first-order chi connectivity index (χ1) is 8.15. The van der Waals surface area contributed by atoms with Gasteiger partial charge in [0.05, 0.1) is 6.54 Å². The van der Waals surface area contributed by atoms with Gasteiger partial charge in [-0.2, -0.15) is 4.98 Å². The van der Waals surface area contributed by atoms with Crippen LogP contribution in [0.5, 0.6) is 0 Å². The van der Waals surface area contributed by atoms with Crippen LogP contribution in [0.3, 0.4) is 0 Å². The lowest BCUT2D eigenvalue weighted by molar-refractivity contribution is -0.119. The standard InChI is InChI=1S/C11H10ClN3O2/c1-7(16)13-6-10-14-11(15-17-10)8-2-4-9(12)5-3-8/h2-5H,6H2,1H3,(H,13,16). The van der Waals surface area contributed by atoms with Crippen LogP contribution in [0.2, 0.25) is 5.02 Å². The number of benzene rings is 1. The molecular weight excluding hydrogens is 242 g/mol. The molecule has 1 aromatic heterocycles. The van der Waals surface area contributed by atoms with Crippen LogP contribution in [0.1, 0.15) is 12.8 Å². The molecule has 0 saturated heterocycles. The molecule has 0 aliphatic heterocycles. The molecule has 0 unspecified atom stereocenters. The number of carbonyl (C=O) groups is 1. The van der Waals surface area contributed by atoms with Gasteiger partial charge in [0.1, 0.15) is 0 Å². The predicted molar refractivity (Wildman–Crippen MR) is 62.3 cm³/mol. The Balaban J connectivity index is 2.12. The summed E-state index contributed by atoms with van der Waals surface area (Å²) in [5, 5.41) is 7.04. The molecule has 0 saturated carbocycles. The van der Waals surface area contributed by atoms with Crippen molar-refractivity contribution in [1.29, 1.82) is 0 Å². The topological polar surface area (TPSA) is 68.0 Å². The second kappa shape index (κ2) is 4.97. The third-order valence-electron chi connectivity index (χ3n) is 2.06. The van der Waals surface area contributed by atoms with E-state index < -0.39 is 0 Å². The lowest BCUT2D eigenvalue weighted by Crippen LogP contribution is -2.18. The fraction of sp³-hybridized carbons (Fsp3) is 0.182. The van der Waals surface area contributed by atoms with Crippen molar-refractivity contribution in [2.75, 3.05) is 0 Å². The van der Waals surface area contributed by atoms with E-state index in [0.29, 0.717) is 16.7 Å². The van der Waals surface area contributed by atoms with E-state index >= 15 is 0 Å². The van der Waals surface area contributed by atoms with Crippen LogP contribution in [0.25, 0.3) is 11.4 Å². The van der Waals surface area contributed by atoms with Crippen LogP contribution in [-0.4, -0.2) is 16.0 Å². The van der Waals surface area contributed by atoms with Gasteiger partial charge in [-0.3, -0.25) is 4.79 Å². The first-order valence-corrected chi connectivity index (χ1v) is 5.36. The van der Waals surface area contributed by atoms with Crippen molar-refractivity contribution in [3.63, 3.8) is 0 Å². The highest BCUT2D eigenvalue weighted by molar-refractivity contribution is 6.30. The second-order valence-corrected chi connectivity index (χ2v) is 3.86. The quantitative estimate of drug-likeness (QED) is 0.906. The number of amides is 1. The monoisotopic (exact) mass is 251 g/mol. The minimum absolute atomic E-state index is 0.142. The van der Waals surface area contributed by atoms with E-state index in [1.165, 1.54) is 6.92 Å². The average Bonchev–Trinajstić information content (AvgIpc) is 2.76.